The quantitative estimate of drug-likeness (QED) is 0.911. The van der Waals surface area contributed by atoms with Gasteiger partial charge in [0.05, 0.1) is 12.1 Å². The predicted octanol–water partition coefficient (Wildman–Crippen LogP) is 1.98. The monoisotopic (exact) mass is 298 g/mol. The average Bonchev–Trinajstić information content (AvgIpc) is 3.12. The van der Waals surface area contributed by atoms with Crippen molar-refractivity contribution in [3.05, 3.63) is 47.3 Å². The molecule has 1 saturated heterocycles. The molecule has 1 aliphatic heterocycles. The zero-order valence-corrected chi connectivity index (χ0v) is 13.3. The molecule has 2 aromatic rings. The van der Waals surface area contributed by atoms with E-state index in [1.54, 1.807) is 4.68 Å². The molecule has 2 heterocycles. The first-order valence-corrected chi connectivity index (χ1v) is 7.62. The Morgan fingerprint density at radius 3 is 2.91 bits per heavy atom. The maximum atomic E-state index is 12.7. The minimum Gasteiger partial charge on any atom is -0.326 e. The van der Waals surface area contributed by atoms with Crippen LogP contribution in [0.15, 0.2) is 30.6 Å². The molecule has 3 rings (SSSR count). The van der Waals surface area contributed by atoms with Crippen LogP contribution in [0.1, 0.15) is 22.6 Å². The van der Waals surface area contributed by atoms with E-state index in [4.69, 9.17) is 0 Å². The molecule has 5 nitrogen and oxygen atoms in total. The van der Waals surface area contributed by atoms with Gasteiger partial charge in [0.25, 0.3) is 0 Å². The minimum atomic E-state index is -0.0656. The molecule has 0 aliphatic carbocycles. The Labute approximate surface area is 130 Å². The van der Waals surface area contributed by atoms with Gasteiger partial charge in [-0.2, -0.15) is 5.10 Å². The van der Waals surface area contributed by atoms with Crippen LogP contribution in [-0.4, -0.2) is 28.8 Å². The van der Waals surface area contributed by atoms with Crippen molar-refractivity contribution in [3.63, 3.8) is 0 Å². The van der Waals surface area contributed by atoms with E-state index < -0.39 is 0 Å². The molecule has 0 unspecified atom stereocenters. The standard InChI is InChI=1S/C17H22N4O/c1-11-5-4-6-16(12(11)2)20-17(22)15-9-18-8-14(15)13-7-19-21(3)10-13/h4-7,10,14-15,18H,8-9H2,1-3H3,(H,20,22)/t14-,15+/m1/s1. The fourth-order valence-corrected chi connectivity index (χ4v) is 3.05. The van der Waals surface area contributed by atoms with Crippen LogP contribution in [0.5, 0.6) is 0 Å². The van der Waals surface area contributed by atoms with E-state index in [2.05, 4.69) is 28.7 Å². The Kier molecular flexibility index (Phi) is 3.98. The van der Waals surface area contributed by atoms with Crippen molar-refractivity contribution in [2.75, 3.05) is 18.4 Å². The lowest BCUT2D eigenvalue weighted by atomic mass is 9.90. The summed E-state index contributed by atoms with van der Waals surface area (Å²) in [5.41, 5.74) is 4.33. The average molecular weight is 298 g/mol. The Morgan fingerprint density at radius 2 is 2.18 bits per heavy atom. The summed E-state index contributed by atoms with van der Waals surface area (Å²) >= 11 is 0. The van der Waals surface area contributed by atoms with Gasteiger partial charge in [-0.05, 0) is 36.6 Å². The van der Waals surface area contributed by atoms with Gasteiger partial charge < -0.3 is 10.6 Å². The van der Waals surface area contributed by atoms with E-state index in [0.29, 0.717) is 6.54 Å². The zero-order valence-electron chi connectivity index (χ0n) is 13.3. The molecule has 1 amide bonds. The number of anilines is 1. The Morgan fingerprint density at radius 1 is 1.36 bits per heavy atom. The third kappa shape index (κ3) is 2.76. The molecule has 0 spiro atoms. The van der Waals surface area contributed by atoms with Crippen molar-refractivity contribution in [3.8, 4) is 0 Å². The second kappa shape index (κ2) is 5.93. The third-order valence-electron chi connectivity index (χ3n) is 4.57. The summed E-state index contributed by atoms with van der Waals surface area (Å²) < 4.78 is 1.79. The van der Waals surface area contributed by atoms with Crippen LogP contribution in [0.25, 0.3) is 0 Å². The van der Waals surface area contributed by atoms with Gasteiger partial charge in [-0.1, -0.05) is 12.1 Å². The maximum absolute atomic E-state index is 12.7. The predicted molar refractivity (Wildman–Crippen MR) is 86.9 cm³/mol. The summed E-state index contributed by atoms with van der Waals surface area (Å²) in [5, 5.41) is 10.6. The Hall–Kier alpha value is -2.14. The number of benzene rings is 1. The summed E-state index contributed by atoms with van der Waals surface area (Å²) in [6, 6.07) is 5.99. The molecule has 1 aromatic carbocycles. The molecule has 5 heteroatoms. The van der Waals surface area contributed by atoms with E-state index in [-0.39, 0.29) is 17.7 Å². The number of rotatable bonds is 3. The Bertz CT molecular complexity index is 692. The number of hydrogen-bond acceptors (Lipinski definition) is 3. The number of aryl methyl sites for hydroxylation is 2. The number of carbonyl (C=O) groups is 1. The molecular formula is C17H22N4O. The normalized spacial score (nSPS) is 21.0. The lowest BCUT2D eigenvalue weighted by Gasteiger charge is -2.18. The lowest BCUT2D eigenvalue weighted by Crippen LogP contribution is -2.28. The maximum Gasteiger partial charge on any atom is 0.229 e. The van der Waals surface area contributed by atoms with Crippen molar-refractivity contribution in [1.82, 2.24) is 15.1 Å². The number of hydrogen-bond donors (Lipinski definition) is 2. The Balaban J connectivity index is 1.78. The van der Waals surface area contributed by atoms with Gasteiger partial charge in [-0.3, -0.25) is 9.48 Å². The van der Waals surface area contributed by atoms with Crippen LogP contribution in [0, 0.1) is 19.8 Å². The summed E-state index contributed by atoms with van der Waals surface area (Å²) in [6.45, 7) is 5.61. The molecule has 0 bridgehead atoms. The number of nitrogens with one attached hydrogen (secondary N) is 2. The minimum absolute atomic E-state index is 0.0656. The highest BCUT2D eigenvalue weighted by molar-refractivity contribution is 5.94. The summed E-state index contributed by atoms with van der Waals surface area (Å²) in [6.07, 6.45) is 3.85. The molecule has 0 radical (unpaired) electrons. The molecule has 22 heavy (non-hydrogen) atoms. The van der Waals surface area contributed by atoms with Gasteiger partial charge in [0.2, 0.25) is 5.91 Å². The molecule has 116 valence electrons. The number of nitrogens with zero attached hydrogens (tertiary/aromatic N) is 2. The van der Waals surface area contributed by atoms with E-state index in [1.807, 2.05) is 38.5 Å². The highest BCUT2D eigenvalue weighted by Crippen LogP contribution is 2.29. The zero-order chi connectivity index (χ0) is 15.7. The van der Waals surface area contributed by atoms with Gasteiger partial charge in [-0.15, -0.1) is 0 Å². The van der Waals surface area contributed by atoms with Gasteiger partial charge in [0.1, 0.15) is 0 Å². The molecule has 0 saturated carbocycles. The first kappa shape index (κ1) is 14.8. The van der Waals surface area contributed by atoms with Gasteiger partial charge >= 0.3 is 0 Å². The smallest absolute Gasteiger partial charge is 0.229 e. The fourth-order valence-electron chi connectivity index (χ4n) is 3.05. The highest BCUT2D eigenvalue weighted by Gasteiger charge is 2.34. The number of aromatic nitrogens is 2. The van der Waals surface area contributed by atoms with E-state index in [0.717, 1.165) is 23.4 Å². The van der Waals surface area contributed by atoms with Crippen LogP contribution >= 0.6 is 0 Å². The fraction of sp³-hybridized carbons (Fsp3) is 0.412. The van der Waals surface area contributed by atoms with Crippen molar-refractivity contribution in [2.45, 2.75) is 19.8 Å². The van der Waals surface area contributed by atoms with Crippen LogP contribution in [0.4, 0.5) is 5.69 Å². The summed E-state index contributed by atoms with van der Waals surface area (Å²) in [7, 11) is 1.90. The summed E-state index contributed by atoms with van der Waals surface area (Å²) in [4.78, 5) is 12.7. The number of carbonyl (C=O) groups excluding carboxylic acids is 1. The van der Waals surface area contributed by atoms with Crippen molar-refractivity contribution in [2.24, 2.45) is 13.0 Å². The summed E-state index contributed by atoms with van der Waals surface area (Å²) in [5.74, 6) is 0.190. The van der Waals surface area contributed by atoms with Crippen LogP contribution in [0.3, 0.4) is 0 Å². The molecule has 2 atom stereocenters. The molecular weight excluding hydrogens is 276 g/mol. The molecule has 1 fully saturated rings. The second-order valence-electron chi connectivity index (χ2n) is 6.06. The van der Waals surface area contributed by atoms with Gasteiger partial charge in [0, 0.05) is 37.9 Å². The largest absolute Gasteiger partial charge is 0.326 e. The lowest BCUT2D eigenvalue weighted by molar-refractivity contribution is -0.119. The van der Waals surface area contributed by atoms with Gasteiger partial charge in [0.15, 0.2) is 0 Å². The first-order chi connectivity index (χ1) is 10.6. The van der Waals surface area contributed by atoms with Crippen molar-refractivity contribution >= 4 is 11.6 Å². The van der Waals surface area contributed by atoms with Crippen molar-refractivity contribution < 1.29 is 4.79 Å². The topological polar surface area (TPSA) is 59.0 Å². The first-order valence-electron chi connectivity index (χ1n) is 7.62. The van der Waals surface area contributed by atoms with E-state index in [9.17, 15) is 4.79 Å². The SMILES string of the molecule is Cc1cccc(NC(=O)[C@H]2CNC[C@@H]2c2cnn(C)c2)c1C. The van der Waals surface area contributed by atoms with Crippen LogP contribution in [-0.2, 0) is 11.8 Å². The van der Waals surface area contributed by atoms with Crippen LogP contribution < -0.4 is 10.6 Å². The van der Waals surface area contributed by atoms with Gasteiger partial charge in [-0.25, -0.2) is 0 Å². The third-order valence-corrected chi connectivity index (χ3v) is 4.57. The molecule has 1 aromatic heterocycles. The van der Waals surface area contributed by atoms with Crippen LogP contribution in [0.2, 0.25) is 0 Å². The molecule has 1 aliphatic rings. The highest BCUT2D eigenvalue weighted by atomic mass is 16.2. The number of amides is 1. The van der Waals surface area contributed by atoms with E-state index in [1.165, 1.54) is 5.56 Å². The van der Waals surface area contributed by atoms with E-state index >= 15 is 0 Å². The second-order valence-corrected chi connectivity index (χ2v) is 6.06. The van der Waals surface area contributed by atoms with Crippen molar-refractivity contribution in [1.29, 1.82) is 0 Å². The molecule has 2 N–H and O–H groups in total.